The van der Waals surface area contributed by atoms with E-state index < -0.39 is 0 Å². The Morgan fingerprint density at radius 1 is 1.19 bits per heavy atom. The lowest BCUT2D eigenvalue weighted by Crippen LogP contribution is -2.32. The quantitative estimate of drug-likeness (QED) is 0.396. The van der Waals surface area contributed by atoms with Gasteiger partial charge in [0.1, 0.15) is 5.75 Å². The molecule has 26 heavy (non-hydrogen) atoms. The average molecular weight is 389 g/mol. The fraction of sp³-hybridized carbons (Fsp3) is 0.200. The minimum absolute atomic E-state index is 0.221. The first-order valence-corrected chi connectivity index (χ1v) is 9.14. The van der Waals surface area contributed by atoms with Crippen LogP contribution in [-0.4, -0.2) is 17.6 Å². The molecule has 0 saturated heterocycles. The first-order chi connectivity index (χ1) is 12.6. The number of unbranched alkanes of at least 4 members (excludes halogenated alkanes) is 1. The number of carbonyl (C=O) groups excluding carboxylic acids is 1. The van der Waals surface area contributed by atoms with Gasteiger partial charge in [-0.3, -0.25) is 10.1 Å². The highest BCUT2D eigenvalue weighted by Gasteiger charge is 2.03. The van der Waals surface area contributed by atoms with Crippen molar-refractivity contribution in [1.82, 2.24) is 5.32 Å². The Hall–Kier alpha value is -2.37. The summed E-state index contributed by atoms with van der Waals surface area (Å²) in [4.78, 5) is 11.9. The van der Waals surface area contributed by atoms with E-state index in [0.717, 1.165) is 29.8 Å². The summed E-state index contributed by atoms with van der Waals surface area (Å²) in [5.74, 6) is 0.476. The van der Waals surface area contributed by atoms with Crippen molar-refractivity contribution < 1.29 is 9.53 Å². The summed E-state index contributed by atoms with van der Waals surface area (Å²) in [6.07, 6.45) is 5.15. The van der Waals surface area contributed by atoms with Crippen LogP contribution >= 0.6 is 23.8 Å². The van der Waals surface area contributed by atoms with Crippen molar-refractivity contribution in [1.29, 1.82) is 0 Å². The summed E-state index contributed by atoms with van der Waals surface area (Å²) in [7, 11) is 0. The number of anilines is 1. The number of carbonyl (C=O) groups is 1. The zero-order valence-corrected chi connectivity index (χ0v) is 16.1. The summed E-state index contributed by atoms with van der Waals surface area (Å²) >= 11 is 11.2. The van der Waals surface area contributed by atoms with Gasteiger partial charge in [0.25, 0.3) is 0 Å². The van der Waals surface area contributed by atoms with E-state index in [4.69, 9.17) is 28.6 Å². The van der Waals surface area contributed by atoms with Crippen LogP contribution in [0.2, 0.25) is 5.02 Å². The molecule has 0 aromatic heterocycles. The molecule has 2 aromatic carbocycles. The van der Waals surface area contributed by atoms with E-state index in [1.807, 2.05) is 42.5 Å². The Labute approximate surface area is 164 Å². The van der Waals surface area contributed by atoms with E-state index in [1.54, 1.807) is 12.1 Å². The third-order valence-electron chi connectivity index (χ3n) is 3.44. The lowest BCUT2D eigenvalue weighted by atomic mass is 10.2. The molecule has 0 radical (unpaired) electrons. The maximum atomic E-state index is 11.9. The van der Waals surface area contributed by atoms with Crippen LogP contribution in [0.1, 0.15) is 25.3 Å². The van der Waals surface area contributed by atoms with E-state index in [2.05, 4.69) is 17.6 Å². The van der Waals surface area contributed by atoms with Gasteiger partial charge in [0.2, 0.25) is 5.91 Å². The molecule has 0 bridgehead atoms. The van der Waals surface area contributed by atoms with Crippen LogP contribution in [0.25, 0.3) is 6.08 Å². The number of nitrogens with one attached hydrogen (secondary N) is 2. The smallest absolute Gasteiger partial charge is 0.250 e. The number of hydrogen-bond acceptors (Lipinski definition) is 3. The zero-order valence-electron chi connectivity index (χ0n) is 14.5. The van der Waals surface area contributed by atoms with Gasteiger partial charge in [-0.1, -0.05) is 43.1 Å². The molecule has 136 valence electrons. The highest BCUT2D eigenvalue weighted by atomic mass is 35.5. The molecule has 0 saturated carbocycles. The highest BCUT2D eigenvalue weighted by Crippen LogP contribution is 2.17. The third-order valence-corrected chi connectivity index (χ3v) is 3.98. The molecule has 2 N–H and O–H groups in total. The van der Waals surface area contributed by atoms with Gasteiger partial charge in [0, 0.05) is 16.8 Å². The Morgan fingerprint density at radius 2 is 1.92 bits per heavy atom. The molecule has 0 atom stereocenters. The maximum Gasteiger partial charge on any atom is 0.250 e. The van der Waals surface area contributed by atoms with Crippen molar-refractivity contribution in [2.24, 2.45) is 0 Å². The van der Waals surface area contributed by atoms with E-state index in [0.29, 0.717) is 11.6 Å². The third kappa shape index (κ3) is 6.86. The average Bonchev–Trinajstić information content (AvgIpc) is 2.62. The van der Waals surface area contributed by atoms with E-state index in [-0.39, 0.29) is 11.0 Å². The lowest BCUT2D eigenvalue weighted by molar-refractivity contribution is -0.115. The SMILES string of the molecule is CCCCOc1ccc(NC(=S)NC(=O)C=Cc2ccccc2Cl)cc1. The standard InChI is InChI=1S/C20H21ClN2O2S/c1-2-3-14-25-17-11-9-16(10-12-17)22-20(26)23-19(24)13-8-15-6-4-5-7-18(15)21/h4-13H,2-3,14H2,1H3,(H2,22,23,24,26). The molecule has 4 nitrogen and oxygen atoms in total. The second-order valence-electron chi connectivity index (χ2n) is 5.52. The van der Waals surface area contributed by atoms with Gasteiger partial charge in [-0.15, -0.1) is 0 Å². The van der Waals surface area contributed by atoms with E-state index >= 15 is 0 Å². The summed E-state index contributed by atoms with van der Waals surface area (Å²) < 4.78 is 5.60. The van der Waals surface area contributed by atoms with Gasteiger partial charge in [-0.2, -0.15) is 0 Å². The topological polar surface area (TPSA) is 50.4 Å². The molecular weight excluding hydrogens is 368 g/mol. The Kier molecular flexibility index (Phi) is 8.12. The summed E-state index contributed by atoms with van der Waals surface area (Å²) in [5, 5.41) is 6.36. The predicted molar refractivity (Wildman–Crippen MR) is 112 cm³/mol. The molecule has 0 heterocycles. The van der Waals surface area contributed by atoms with Gasteiger partial charge in [-0.05, 0) is 60.6 Å². The normalized spacial score (nSPS) is 10.5. The molecule has 6 heteroatoms. The Bertz CT molecular complexity index is 776. The van der Waals surface area contributed by atoms with Gasteiger partial charge in [0.15, 0.2) is 5.11 Å². The van der Waals surface area contributed by atoms with Crippen LogP contribution in [0.4, 0.5) is 5.69 Å². The molecule has 0 aliphatic carbocycles. The van der Waals surface area contributed by atoms with Crippen molar-refractivity contribution in [3.8, 4) is 5.75 Å². The van der Waals surface area contributed by atoms with Gasteiger partial charge < -0.3 is 10.1 Å². The fourth-order valence-electron chi connectivity index (χ4n) is 2.06. The summed E-state index contributed by atoms with van der Waals surface area (Å²) in [5.41, 5.74) is 1.54. The van der Waals surface area contributed by atoms with Crippen molar-refractivity contribution in [3.05, 3.63) is 65.2 Å². The second kappa shape index (κ2) is 10.6. The van der Waals surface area contributed by atoms with Crippen LogP contribution in [0.3, 0.4) is 0 Å². The monoisotopic (exact) mass is 388 g/mol. The van der Waals surface area contributed by atoms with Crippen LogP contribution in [0, 0.1) is 0 Å². The molecule has 0 unspecified atom stereocenters. The zero-order chi connectivity index (χ0) is 18.8. The van der Waals surface area contributed by atoms with Crippen LogP contribution < -0.4 is 15.4 Å². The molecule has 2 aromatic rings. The number of hydrogen-bond donors (Lipinski definition) is 2. The fourth-order valence-corrected chi connectivity index (χ4v) is 2.48. The predicted octanol–water partition coefficient (Wildman–Crippen LogP) is 5.05. The summed E-state index contributed by atoms with van der Waals surface area (Å²) in [6, 6.07) is 14.7. The second-order valence-corrected chi connectivity index (χ2v) is 6.34. The van der Waals surface area contributed by atoms with Crippen molar-refractivity contribution >= 4 is 46.6 Å². The maximum absolute atomic E-state index is 11.9. The number of ether oxygens (including phenoxy) is 1. The lowest BCUT2D eigenvalue weighted by Gasteiger charge is -2.10. The van der Waals surface area contributed by atoms with E-state index in [9.17, 15) is 4.79 Å². The van der Waals surface area contributed by atoms with Crippen LogP contribution in [0.15, 0.2) is 54.6 Å². The van der Waals surface area contributed by atoms with Crippen LogP contribution in [0.5, 0.6) is 5.75 Å². The van der Waals surface area contributed by atoms with E-state index in [1.165, 1.54) is 6.08 Å². The van der Waals surface area contributed by atoms with Crippen LogP contribution in [-0.2, 0) is 4.79 Å². The molecule has 1 amide bonds. The largest absolute Gasteiger partial charge is 0.494 e. The van der Waals surface area contributed by atoms with Crippen molar-refractivity contribution in [2.75, 3.05) is 11.9 Å². The number of amides is 1. The Morgan fingerprint density at radius 3 is 2.62 bits per heavy atom. The Balaban J connectivity index is 1.82. The minimum atomic E-state index is -0.332. The van der Waals surface area contributed by atoms with Gasteiger partial charge >= 0.3 is 0 Å². The number of halogens is 1. The highest BCUT2D eigenvalue weighted by molar-refractivity contribution is 7.80. The molecule has 0 fully saturated rings. The van der Waals surface area contributed by atoms with Gasteiger partial charge in [0.05, 0.1) is 6.61 Å². The van der Waals surface area contributed by atoms with Crippen molar-refractivity contribution in [3.63, 3.8) is 0 Å². The van der Waals surface area contributed by atoms with Crippen molar-refractivity contribution in [2.45, 2.75) is 19.8 Å². The molecule has 0 aliphatic heterocycles. The molecule has 0 spiro atoms. The first kappa shape index (κ1) is 19.9. The number of rotatable bonds is 7. The minimum Gasteiger partial charge on any atom is -0.494 e. The van der Waals surface area contributed by atoms with Gasteiger partial charge in [-0.25, -0.2) is 0 Å². The first-order valence-electron chi connectivity index (χ1n) is 8.36. The molecular formula is C20H21ClN2O2S. The molecule has 0 aliphatic rings. The molecule has 2 rings (SSSR count). The summed E-state index contributed by atoms with van der Waals surface area (Å²) in [6.45, 7) is 2.82. The number of benzene rings is 2. The number of thiocarbonyl (C=S) groups is 1.